The van der Waals surface area contributed by atoms with E-state index in [1.54, 1.807) is 24.3 Å². The zero-order valence-electron chi connectivity index (χ0n) is 21.8. The second-order valence-electron chi connectivity index (χ2n) is 9.32. The molecule has 0 bridgehead atoms. The van der Waals surface area contributed by atoms with E-state index in [2.05, 4.69) is 49.8 Å². The number of sulfonamides is 1. The van der Waals surface area contributed by atoms with Crippen LogP contribution in [-0.4, -0.2) is 8.42 Å². The van der Waals surface area contributed by atoms with Crippen molar-refractivity contribution < 1.29 is 27.9 Å². The molecule has 0 unspecified atom stereocenters. The van der Waals surface area contributed by atoms with Crippen LogP contribution in [0.4, 0.5) is 0 Å². The van der Waals surface area contributed by atoms with Crippen molar-refractivity contribution in [2.24, 2.45) is 5.73 Å². The van der Waals surface area contributed by atoms with Gasteiger partial charge in [0.05, 0.1) is 17.0 Å². The van der Waals surface area contributed by atoms with Gasteiger partial charge in [0.15, 0.2) is 0 Å². The number of aryl methyl sites for hydroxylation is 2. The zero-order valence-corrected chi connectivity index (χ0v) is 24.3. The van der Waals surface area contributed by atoms with Gasteiger partial charge in [0.25, 0.3) is 0 Å². The third-order valence-electron chi connectivity index (χ3n) is 6.06. The predicted molar refractivity (Wildman–Crippen MR) is 149 cm³/mol. The minimum absolute atomic E-state index is 0. The van der Waals surface area contributed by atoms with Gasteiger partial charge in [-0.25, -0.2) is 13.1 Å². The molecule has 0 aromatic heterocycles. The van der Waals surface area contributed by atoms with Crippen LogP contribution in [0.25, 0.3) is 0 Å². The van der Waals surface area contributed by atoms with Gasteiger partial charge in [0.2, 0.25) is 10.0 Å². The summed E-state index contributed by atoms with van der Waals surface area (Å²) in [6, 6.07) is 33.3. The Morgan fingerprint density at radius 3 is 1.51 bits per heavy atom. The first-order valence-corrected chi connectivity index (χ1v) is 13.7. The third-order valence-corrected chi connectivity index (χ3v) is 7.52. The number of benzene rings is 4. The molecule has 0 amide bonds. The maximum atomic E-state index is 12.9. The first-order valence-electron chi connectivity index (χ1n) is 12.2. The first-order chi connectivity index (χ1) is 17.2. The summed E-state index contributed by atoms with van der Waals surface area (Å²) in [6.07, 6.45) is 0. The van der Waals surface area contributed by atoms with E-state index in [9.17, 15) is 8.42 Å². The van der Waals surface area contributed by atoms with Gasteiger partial charge >= 0.3 is 19.5 Å². The summed E-state index contributed by atoms with van der Waals surface area (Å²) in [6.45, 7) is 8.46. The van der Waals surface area contributed by atoms with Gasteiger partial charge in [-0.15, -0.1) is 0 Å². The van der Waals surface area contributed by atoms with Gasteiger partial charge in [-0.2, -0.15) is 0 Å². The predicted octanol–water partition coefficient (Wildman–Crippen LogP) is 6.83. The Labute approximate surface area is 235 Å². The van der Waals surface area contributed by atoms with E-state index in [1.165, 1.54) is 11.1 Å². The maximum Gasteiger partial charge on any atom is 2.00 e. The van der Waals surface area contributed by atoms with Crippen LogP contribution in [0.3, 0.4) is 0 Å². The van der Waals surface area contributed by atoms with Gasteiger partial charge in [0.1, 0.15) is 0 Å². The number of nitrogens with two attached hydrogens (primary N) is 1. The van der Waals surface area contributed by atoms with Gasteiger partial charge in [-0.3, -0.25) is 0 Å². The minimum atomic E-state index is -3.71. The normalized spacial score (nSPS) is 12.6. The number of nitrogens with one attached hydrogen (secondary N) is 1. The molecule has 3 N–H and O–H groups in total. The van der Waals surface area contributed by atoms with Crippen molar-refractivity contribution in [1.29, 1.82) is 0 Å². The molecule has 37 heavy (non-hydrogen) atoms. The summed E-state index contributed by atoms with van der Waals surface area (Å²) < 4.78 is 28.6. The quantitative estimate of drug-likeness (QED) is 0.228. The van der Waals surface area contributed by atoms with Crippen LogP contribution < -0.4 is 10.5 Å². The molecule has 4 aromatic carbocycles. The molecule has 0 spiro atoms. The van der Waals surface area contributed by atoms with Crippen LogP contribution in [0.1, 0.15) is 59.7 Å². The molecule has 0 aliphatic heterocycles. The first kappa shape index (κ1) is 30.6. The summed E-state index contributed by atoms with van der Waals surface area (Å²) in [7, 11) is -3.71. The fourth-order valence-corrected chi connectivity index (χ4v) is 5.03. The van der Waals surface area contributed by atoms with Crippen LogP contribution >= 0.6 is 0 Å². The van der Waals surface area contributed by atoms with Crippen LogP contribution in [0.15, 0.2) is 114 Å². The van der Waals surface area contributed by atoms with Crippen LogP contribution in [0.2, 0.25) is 0 Å². The molecular weight excluding hydrogens is 565 g/mol. The van der Waals surface area contributed by atoms with E-state index in [-0.39, 0.29) is 24.4 Å². The molecule has 0 aliphatic rings. The summed E-state index contributed by atoms with van der Waals surface area (Å²) in [4.78, 5) is 0.226. The molecule has 0 saturated carbocycles. The van der Waals surface area contributed by atoms with Crippen molar-refractivity contribution in [3.05, 3.63) is 137 Å². The average Bonchev–Trinajstić information content (AvgIpc) is 2.89. The Bertz CT molecular complexity index is 1310. The molecule has 194 valence electrons. The Hall–Kier alpha value is -2.63. The van der Waals surface area contributed by atoms with Gasteiger partial charge < -0.3 is 5.73 Å². The smallest absolute Gasteiger partial charge is 0.322 e. The van der Waals surface area contributed by atoms with Gasteiger partial charge in [-0.1, -0.05) is 122 Å². The average molecular weight is 602 g/mol. The minimum Gasteiger partial charge on any atom is -0.322 e. The fraction of sp³-hybridized carbons (Fsp3) is 0.226. The van der Waals surface area contributed by atoms with Gasteiger partial charge in [-0.05, 0) is 48.6 Å². The van der Waals surface area contributed by atoms with E-state index in [1.807, 2.05) is 67.6 Å². The summed E-state index contributed by atoms with van der Waals surface area (Å²) in [5, 5.41) is 0. The van der Waals surface area contributed by atoms with Crippen molar-refractivity contribution in [1.82, 2.24) is 4.72 Å². The molecule has 6 heteroatoms. The SMILES string of the molecule is Cc1ccc(C(C)C)cc1.Cc1ccc(S(=O)(=O)N[C@@H](c2ccccc2)[C@@H](N)c2ccccc2)cc1.[Ru+2]. The van der Waals surface area contributed by atoms with Crippen LogP contribution in [0, 0.1) is 13.8 Å². The maximum absolute atomic E-state index is 12.9. The van der Waals surface area contributed by atoms with Crippen molar-refractivity contribution >= 4 is 10.0 Å². The molecule has 4 nitrogen and oxygen atoms in total. The summed E-state index contributed by atoms with van der Waals surface area (Å²) in [5.41, 5.74) is 11.9. The largest absolute Gasteiger partial charge is 2.00 e. The topological polar surface area (TPSA) is 72.2 Å². The molecule has 0 saturated heterocycles. The van der Waals surface area contributed by atoms with E-state index < -0.39 is 22.1 Å². The summed E-state index contributed by atoms with van der Waals surface area (Å²) >= 11 is 0. The molecule has 4 aromatic rings. The van der Waals surface area contributed by atoms with E-state index in [0.717, 1.165) is 16.7 Å². The Morgan fingerprint density at radius 1 is 0.622 bits per heavy atom. The fourth-order valence-electron chi connectivity index (χ4n) is 3.78. The van der Waals surface area contributed by atoms with Crippen LogP contribution in [-0.2, 0) is 29.5 Å². The van der Waals surface area contributed by atoms with E-state index in [4.69, 9.17) is 5.73 Å². The van der Waals surface area contributed by atoms with E-state index >= 15 is 0 Å². The number of hydrogen-bond donors (Lipinski definition) is 2. The van der Waals surface area contributed by atoms with E-state index in [0.29, 0.717) is 5.92 Å². The summed E-state index contributed by atoms with van der Waals surface area (Å²) in [5.74, 6) is 0.653. The zero-order chi connectivity index (χ0) is 26.1. The van der Waals surface area contributed by atoms with Crippen molar-refractivity contribution in [2.75, 3.05) is 0 Å². The molecule has 0 aliphatic carbocycles. The van der Waals surface area contributed by atoms with Crippen molar-refractivity contribution in [2.45, 2.75) is 50.6 Å². The number of rotatable bonds is 7. The second-order valence-corrected chi connectivity index (χ2v) is 11.0. The standard InChI is InChI=1S/C21H22N2O2S.C10H14.Ru/c1-16-12-14-19(15-13-16)26(24,25)23-21(18-10-6-3-7-11-18)20(22)17-8-4-2-5-9-17;1-8(2)10-6-4-9(3)5-7-10;/h2-15,20-21,23H,22H2,1H3;4-8H,1-3H3;/q;;+2/t20-,21-;;/m0../s1. The molecule has 0 heterocycles. The van der Waals surface area contributed by atoms with Gasteiger partial charge in [0, 0.05) is 0 Å². The Balaban J connectivity index is 0.000000369. The molecule has 2 atom stereocenters. The van der Waals surface area contributed by atoms with Crippen molar-refractivity contribution in [3.63, 3.8) is 0 Å². The molecule has 0 fully saturated rings. The van der Waals surface area contributed by atoms with Crippen molar-refractivity contribution in [3.8, 4) is 0 Å². The molecular formula is C31H36N2O2RuS+2. The second kappa shape index (κ2) is 14.3. The Morgan fingerprint density at radius 2 is 1.05 bits per heavy atom. The third kappa shape index (κ3) is 9.01. The molecule has 0 radical (unpaired) electrons. The molecule has 4 rings (SSSR count). The van der Waals surface area contributed by atoms with Crippen LogP contribution in [0.5, 0.6) is 0 Å². The number of hydrogen-bond acceptors (Lipinski definition) is 3. The Kier molecular flexibility index (Phi) is 11.9. The monoisotopic (exact) mass is 602 g/mol.